The zero-order valence-corrected chi connectivity index (χ0v) is 14.3. The van der Waals surface area contributed by atoms with E-state index in [1.165, 1.54) is 62.3 Å². The smallest absolute Gasteiger partial charge is 0.185 e. The van der Waals surface area contributed by atoms with Crippen molar-refractivity contribution in [3.05, 3.63) is 11.1 Å². The predicted molar refractivity (Wildman–Crippen MR) is 91.1 cm³/mol. The fourth-order valence-electron chi connectivity index (χ4n) is 3.93. The lowest BCUT2D eigenvalue weighted by Crippen LogP contribution is -2.34. The summed E-state index contributed by atoms with van der Waals surface area (Å²) in [4.78, 5) is 7.57. The summed E-state index contributed by atoms with van der Waals surface area (Å²) in [6.45, 7) is 6.73. The van der Waals surface area contributed by atoms with Gasteiger partial charge in [-0.3, -0.25) is 0 Å². The quantitative estimate of drug-likeness (QED) is 0.846. The molecule has 0 spiro atoms. The van der Waals surface area contributed by atoms with Crippen molar-refractivity contribution in [2.75, 3.05) is 18.0 Å². The highest BCUT2D eigenvalue weighted by molar-refractivity contribution is 7.13. The first-order valence-electron chi connectivity index (χ1n) is 8.75. The number of nitrogens with one attached hydrogen (secondary N) is 1. The van der Waals surface area contributed by atoms with Gasteiger partial charge in [-0.05, 0) is 51.5 Å². The van der Waals surface area contributed by atoms with Crippen LogP contribution in [-0.4, -0.2) is 24.1 Å². The zero-order valence-electron chi connectivity index (χ0n) is 13.5. The highest BCUT2D eigenvalue weighted by Crippen LogP contribution is 2.39. The van der Waals surface area contributed by atoms with Crippen LogP contribution < -0.4 is 10.2 Å². The second-order valence-electron chi connectivity index (χ2n) is 6.68. The van der Waals surface area contributed by atoms with Crippen molar-refractivity contribution in [3.8, 4) is 0 Å². The molecule has 21 heavy (non-hydrogen) atoms. The van der Waals surface area contributed by atoms with Crippen LogP contribution in [0.5, 0.6) is 0 Å². The van der Waals surface area contributed by atoms with Crippen molar-refractivity contribution in [2.45, 2.75) is 70.9 Å². The third-order valence-corrected chi connectivity index (χ3v) is 6.04. The van der Waals surface area contributed by atoms with E-state index in [4.69, 9.17) is 4.98 Å². The van der Waals surface area contributed by atoms with E-state index in [1.807, 2.05) is 11.3 Å². The molecule has 0 radical (unpaired) electrons. The summed E-state index contributed by atoms with van der Waals surface area (Å²) in [5, 5.41) is 7.07. The van der Waals surface area contributed by atoms with Gasteiger partial charge < -0.3 is 10.2 Å². The van der Waals surface area contributed by atoms with Gasteiger partial charge in [-0.1, -0.05) is 19.8 Å². The number of hydrogen-bond donors (Lipinski definition) is 1. The highest BCUT2D eigenvalue weighted by Gasteiger charge is 2.34. The van der Waals surface area contributed by atoms with Crippen LogP contribution in [0.15, 0.2) is 5.38 Å². The molecule has 2 fully saturated rings. The van der Waals surface area contributed by atoms with E-state index >= 15 is 0 Å². The largest absolute Gasteiger partial charge is 0.345 e. The Kier molecular flexibility index (Phi) is 5.17. The average molecular weight is 308 g/mol. The molecule has 118 valence electrons. The number of hydrogen-bond acceptors (Lipinski definition) is 4. The van der Waals surface area contributed by atoms with Gasteiger partial charge in [-0.15, -0.1) is 11.3 Å². The summed E-state index contributed by atoms with van der Waals surface area (Å²) in [5.41, 5.74) is 1.22. The number of nitrogens with zero attached hydrogens (tertiary/aromatic N) is 2. The molecule has 1 aliphatic carbocycles. The van der Waals surface area contributed by atoms with Crippen LogP contribution in [0.3, 0.4) is 0 Å². The maximum Gasteiger partial charge on any atom is 0.185 e. The summed E-state index contributed by atoms with van der Waals surface area (Å²) < 4.78 is 0. The van der Waals surface area contributed by atoms with Gasteiger partial charge in [0.25, 0.3) is 0 Å². The molecule has 2 heterocycles. The molecule has 0 aromatic carbocycles. The number of rotatable bonds is 6. The molecular formula is C17H29N3S. The standard InChI is InChI=1S/C17H29N3S/c1-3-10-18-13(2)15-12-21-17(19-15)20-11-6-9-16(20)14-7-4-5-8-14/h12-14,16,18H,3-11H2,1-2H3. The number of aromatic nitrogens is 1. The molecule has 0 amide bonds. The van der Waals surface area contributed by atoms with E-state index in [0.717, 1.165) is 18.5 Å². The lowest BCUT2D eigenvalue weighted by atomic mass is 9.96. The fraction of sp³-hybridized carbons (Fsp3) is 0.824. The van der Waals surface area contributed by atoms with Crippen molar-refractivity contribution < 1.29 is 0 Å². The monoisotopic (exact) mass is 307 g/mol. The summed E-state index contributed by atoms with van der Waals surface area (Å²) in [5.74, 6) is 0.926. The van der Waals surface area contributed by atoms with Crippen molar-refractivity contribution >= 4 is 16.5 Å². The number of anilines is 1. The molecule has 4 heteroatoms. The van der Waals surface area contributed by atoms with Crippen LogP contribution in [0.25, 0.3) is 0 Å². The summed E-state index contributed by atoms with van der Waals surface area (Å²) in [6.07, 6.45) is 9.66. The molecule has 1 aliphatic heterocycles. The summed E-state index contributed by atoms with van der Waals surface area (Å²) in [6, 6.07) is 1.15. The molecule has 0 bridgehead atoms. The maximum atomic E-state index is 4.95. The maximum absolute atomic E-state index is 4.95. The molecule has 3 rings (SSSR count). The van der Waals surface area contributed by atoms with Crippen LogP contribution >= 0.6 is 11.3 Å². The molecule has 3 nitrogen and oxygen atoms in total. The molecule has 1 N–H and O–H groups in total. The normalized spacial score (nSPS) is 24.9. The molecule has 2 unspecified atom stereocenters. The Labute approximate surface area is 133 Å². The third-order valence-electron chi connectivity index (χ3n) is 5.14. The highest BCUT2D eigenvalue weighted by atomic mass is 32.1. The first kappa shape index (κ1) is 15.3. The molecular weight excluding hydrogens is 278 g/mol. The van der Waals surface area contributed by atoms with Gasteiger partial charge in [0.1, 0.15) is 0 Å². The van der Waals surface area contributed by atoms with Gasteiger partial charge in [-0.25, -0.2) is 4.98 Å². The van der Waals surface area contributed by atoms with Gasteiger partial charge in [0.2, 0.25) is 0 Å². The van der Waals surface area contributed by atoms with Crippen molar-refractivity contribution in [2.24, 2.45) is 5.92 Å². The van der Waals surface area contributed by atoms with Crippen LogP contribution in [-0.2, 0) is 0 Å². The van der Waals surface area contributed by atoms with Gasteiger partial charge in [-0.2, -0.15) is 0 Å². The Hall–Kier alpha value is -0.610. The minimum Gasteiger partial charge on any atom is -0.345 e. The molecule has 2 atom stereocenters. The Morgan fingerprint density at radius 3 is 2.90 bits per heavy atom. The predicted octanol–water partition coefficient (Wildman–Crippen LogP) is 4.36. The lowest BCUT2D eigenvalue weighted by Gasteiger charge is -2.29. The Morgan fingerprint density at radius 2 is 2.14 bits per heavy atom. The minimum absolute atomic E-state index is 0.377. The molecule has 1 aromatic rings. The molecule has 1 saturated carbocycles. The minimum atomic E-state index is 0.377. The SMILES string of the molecule is CCCNC(C)c1csc(N2CCCC2C2CCCC2)n1. The first-order valence-corrected chi connectivity index (χ1v) is 9.63. The van der Waals surface area contributed by atoms with E-state index in [2.05, 4.69) is 29.4 Å². The average Bonchev–Trinajstić information content (AvgIpc) is 3.23. The molecule has 2 aliphatic rings. The van der Waals surface area contributed by atoms with Crippen molar-refractivity contribution in [1.29, 1.82) is 0 Å². The van der Waals surface area contributed by atoms with E-state index in [9.17, 15) is 0 Å². The van der Waals surface area contributed by atoms with Gasteiger partial charge in [0, 0.05) is 24.0 Å². The Balaban J connectivity index is 1.67. The van der Waals surface area contributed by atoms with Crippen LogP contribution in [0, 0.1) is 5.92 Å². The molecule has 1 aromatic heterocycles. The van der Waals surface area contributed by atoms with E-state index in [-0.39, 0.29) is 0 Å². The van der Waals surface area contributed by atoms with Gasteiger partial charge in [0.15, 0.2) is 5.13 Å². The second-order valence-corrected chi connectivity index (χ2v) is 7.51. The van der Waals surface area contributed by atoms with Gasteiger partial charge >= 0.3 is 0 Å². The second kappa shape index (κ2) is 7.10. The number of thiazole rings is 1. The zero-order chi connectivity index (χ0) is 14.7. The first-order chi connectivity index (χ1) is 10.3. The van der Waals surface area contributed by atoms with Gasteiger partial charge in [0.05, 0.1) is 5.69 Å². The van der Waals surface area contributed by atoms with E-state index in [0.29, 0.717) is 6.04 Å². The van der Waals surface area contributed by atoms with E-state index < -0.39 is 0 Å². The fourth-order valence-corrected chi connectivity index (χ4v) is 4.94. The Bertz CT molecular complexity index is 439. The van der Waals surface area contributed by atoms with Crippen molar-refractivity contribution in [3.63, 3.8) is 0 Å². The topological polar surface area (TPSA) is 28.2 Å². The van der Waals surface area contributed by atoms with E-state index in [1.54, 1.807) is 0 Å². The Morgan fingerprint density at radius 1 is 1.33 bits per heavy atom. The van der Waals surface area contributed by atoms with Crippen LogP contribution in [0.4, 0.5) is 5.13 Å². The van der Waals surface area contributed by atoms with Crippen LogP contribution in [0.1, 0.15) is 70.5 Å². The third kappa shape index (κ3) is 3.42. The van der Waals surface area contributed by atoms with Crippen molar-refractivity contribution in [1.82, 2.24) is 10.3 Å². The summed E-state index contributed by atoms with van der Waals surface area (Å²) in [7, 11) is 0. The van der Waals surface area contributed by atoms with Crippen LogP contribution in [0.2, 0.25) is 0 Å². The lowest BCUT2D eigenvalue weighted by molar-refractivity contribution is 0.430. The summed E-state index contributed by atoms with van der Waals surface area (Å²) >= 11 is 1.85. The molecule has 1 saturated heterocycles.